The van der Waals surface area contributed by atoms with Crippen molar-refractivity contribution in [2.75, 3.05) is 6.61 Å². The van der Waals surface area contributed by atoms with E-state index < -0.39 is 24.5 Å². The number of rotatable bonds is 16. The van der Waals surface area contributed by atoms with Crippen molar-refractivity contribution in [3.63, 3.8) is 0 Å². The standard InChI is InChI=1S/C24H40O4SSi/c1-6-10-19-30(20-11-7-2,21-12-8-3)27-18-17-23(9-4)28-29(25,26)24-15-13-22(5)14-16-24/h4,13-16,23H,6-8,10-12,17-21H2,1-3,5H3/t23-/m1/s1. The first-order valence-corrected chi connectivity index (χ1v) is 15.4. The lowest BCUT2D eigenvalue weighted by Gasteiger charge is -2.32. The Morgan fingerprint density at radius 2 is 1.47 bits per heavy atom. The molecule has 0 fully saturated rings. The third-order valence-electron chi connectivity index (χ3n) is 5.48. The van der Waals surface area contributed by atoms with Gasteiger partial charge in [0.25, 0.3) is 10.1 Å². The Labute approximate surface area is 186 Å². The summed E-state index contributed by atoms with van der Waals surface area (Å²) in [6.45, 7) is 9.02. The summed E-state index contributed by atoms with van der Waals surface area (Å²) in [7, 11) is -5.72. The van der Waals surface area contributed by atoms with Crippen LogP contribution in [0.3, 0.4) is 0 Å². The van der Waals surface area contributed by atoms with Crippen molar-refractivity contribution in [2.45, 2.75) is 102 Å². The van der Waals surface area contributed by atoms with E-state index in [-0.39, 0.29) is 4.90 Å². The van der Waals surface area contributed by atoms with Gasteiger partial charge in [-0.05, 0) is 37.2 Å². The van der Waals surface area contributed by atoms with E-state index in [0.29, 0.717) is 13.0 Å². The van der Waals surface area contributed by atoms with Gasteiger partial charge in [0.15, 0.2) is 8.32 Å². The molecule has 170 valence electrons. The SMILES string of the molecule is C#C[C@H](CCO[Si](CCCC)(CCCC)CCCC)OS(=O)(=O)c1ccc(C)cc1. The Morgan fingerprint density at radius 1 is 0.967 bits per heavy atom. The van der Waals surface area contributed by atoms with Gasteiger partial charge in [-0.2, -0.15) is 8.42 Å². The van der Waals surface area contributed by atoms with Gasteiger partial charge in [0, 0.05) is 13.0 Å². The lowest BCUT2D eigenvalue weighted by molar-refractivity contribution is 0.203. The summed E-state index contributed by atoms with van der Waals surface area (Å²) >= 11 is 0. The molecular weight excluding hydrogens is 412 g/mol. The summed E-state index contributed by atoms with van der Waals surface area (Å²) in [5.74, 6) is 2.49. The summed E-state index contributed by atoms with van der Waals surface area (Å²) < 4.78 is 37.0. The predicted octanol–water partition coefficient (Wildman–Crippen LogP) is 6.45. The molecular formula is C24H40O4SSi. The van der Waals surface area contributed by atoms with Crippen molar-refractivity contribution in [3.8, 4) is 12.3 Å². The van der Waals surface area contributed by atoms with Crippen LogP contribution in [0, 0.1) is 19.3 Å². The summed E-state index contributed by atoms with van der Waals surface area (Å²) in [5, 5.41) is 0. The molecule has 0 aromatic heterocycles. The Hall–Kier alpha value is -1.13. The van der Waals surface area contributed by atoms with E-state index in [0.717, 1.165) is 5.56 Å². The number of aryl methyl sites for hydroxylation is 1. The van der Waals surface area contributed by atoms with Gasteiger partial charge in [-0.3, -0.25) is 0 Å². The Balaban J connectivity index is 2.77. The van der Waals surface area contributed by atoms with Crippen LogP contribution >= 0.6 is 0 Å². The lowest BCUT2D eigenvalue weighted by atomic mass is 10.2. The lowest BCUT2D eigenvalue weighted by Crippen LogP contribution is -2.39. The van der Waals surface area contributed by atoms with Crippen LogP contribution in [0.5, 0.6) is 0 Å². The minimum Gasteiger partial charge on any atom is -0.417 e. The van der Waals surface area contributed by atoms with Gasteiger partial charge in [-0.15, -0.1) is 6.42 Å². The van der Waals surface area contributed by atoms with Crippen LogP contribution in [-0.4, -0.2) is 29.4 Å². The molecule has 0 N–H and O–H groups in total. The fourth-order valence-corrected chi connectivity index (χ4v) is 9.31. The number of hydrogen-bond donors (Lipinski definition) is 0. The van der Waals surface area contributed by atoms with E-state index in [1.807, 2.05) is 6.92 Å². The quantitative estimate of drug-likeness (QED) is 0.164. The van der Waals surface area contributed by atoms with Crippen LogP contribution in [0.15, 0.2) is 29.2 Å². The second-order valence-corrected chi connectivity index (χ2v) is 13.9. The zero-order valence-electron chi connectivity index (χ0n) is 19.3. The van der Waals surface area contributed by atoms with Gasteiger partial charge in [0.1, 0.15) is 6.10 Å². The number of terminal acetylenes is 1. The molecule has 1 rings (SSSR count). The van der Waals surface area contributed by atoms with Crippen LogP contribution < -0.4 is 0 Å². The van der Waals surface area contributed by atoms with Crippen molar-refractivity contribution in [1.82, 2.24) is 0 Å². The van der Waals surface area contributed by atoms with Gasteiger partial charge < -0.3 is 4.43 Å². The number of benzene rings is 1. The molecule has 0 bridgehead atoms. The fourth-order valence-electron chi connectivity index (χ4n) is 3.54. The van der Waals surface area contributed by atoms with E-state index in [4.69, 9.17) is 15.0 Å². The van der Waals surface area contributed by atoms with Gasteiger partial charge in [0.2, 0.25) is 0 Å². The summed E-state index contributed by atoms with van der Waals surface area (Å²) in [4.78, 5) is 0.131. The maximum absolute atomic E-state index is 12.5. The maximum Gasteiger partial charge on any atom is 0.298 e. The largest absolute Gasteiger partial charge is 0.417 e. The van der Waals surface area contributed by atoms with Gasteiger partial charge in [-0.25, -0.2) is 4.18 Å². The Morgan fingerprint density at radius 3 is 1.90 bits per heavy atom. The third kappa shape index (κ3) is 9.34. The van der Waals surface area contributed by atoms with Gasteiger partial charge >= 0.3 is 0 Å². The highest BCUT2D eigenvalue weighted by molar-refractivity contribution is 7.86. The minimum absolute atomic E-state index is 0.131. The molecule has 4 nitrogen and oxygen atoms in total. The van der Waals surface area contributed by atoms with E-state index >= 15 is 0 Å². The molecule has 0 aliphatic heterocycles. The molecule has 6 heteroatoms. The fraction of sp³-hybridized carbons (Fsp3) is 0.667. The van der Waals surface area contributed by atoms with Crippen LogP contribution in [0.4, 0.5) is 0 Å². The monoisotopic (exact) mass is 452 g/mol. The zero-order chi connectivity index (χ0) is 22.5. The third-order valence-corrected chi connectivity index (χ3v) is 11.4. The molecule has 1 aromatic carbocycles. The molecule has 30 heavy (non-hydrogen) atoms. The van der Waals surface area contributed by atoms with E-state index in [1.165, 1.54) is 56.7 Å². The zero-order valence-corrected chi connectivity index (χ0v) is 21.1. The molecule has 0 aliphatic carbocycles. The summed E-state index contributed by atoms with van der Waals surface area (Å²) in [5.41, 5.74) is 0.989. The van der Waals surface area contributed by atoms with Crippen molar-refractivity contribution in [1.29, 1.82) is 0 Å². The highest BCUT2D eigenvalue weighted by atomic mass is 32.2. The van der Waals surface area contributed by atoms with Crippen molar-refractivity contribution < 1.29 is 17.0 Å². The van der Waals surface area contributed by atoms with Crippen molar-refractivity contribution in [2.24, 2.45) is 0 Å². The second-order valence-electron chi connectivity index (χ2n) is 8.15. The highest BCUT2D eigenvalue weighted by Crippen LogP contribution is 2.30. The van der Waals surface area contributed by atoms with Gasteiger partial charge in [0.05, 0.1) is 4.90 Å². The summed E-state index contributed by atoms with van der Waals surface area (Å²) in [6.07, 6.45) is 12.2. The summed E-state index contributed by atoms with van der Waals surface area (Å²) in [6, 6.07) is 10.1. The molecule has 1 aromatic rings. The topological polar surface area (TPSA) is 52.6 Å². The molecule has 0 saturated carbocycles. The Kier molecular flexibility index (Phi) is 12.6. The normalized spacial score (nSPS) is 13.2. The van der Waals surface area contributed by atoms with Crippen LogP contribution in [0.25, 0.3) is 0 Å². The minimum atomic E-state index is -3.88. The van der Waals surface area contributed by atoms with E-state index in [9.17, 15) is 8.42 Å². The highest BCUT2D eigenvalue weighted by Gasteiger charge is 2.33. The first kappa shape index (κ1) is 26.9. The van der Waals surface area contributed by atoms with E-state index in [1.54, 1.807) is 24.3 Å². The predicted molar refractivity (Wildman–Crippen MR) is 128 cm³/mol. The average Bonchev–Trinajstić information content (AvgIpc) is 2.74. The molecule has 0 amide bonds. The van der Waals surface area contributed by atoms with E-state index in [2.05, 4.69) is 26.7 Å². The molecule has 0 heterocycles. The smallest absolute Gasteiger partial charge is 0.298 e. The number of hydrogen-bond acceptors (Lipinski definition) is 4. The van der Waals surface area contributed by atoms with Crippen molar-refractivity contribution in [3.05, 3.63) is 29.8 Å². The van der Waals surface area contributed by atoms with Crippen LogP contribution in [0.2, 0.25) is 18.1 Å². The maximum atomic E-state index is 12.5. The molecule has 1 atom stereocenters. The first-order chi connectivity index (χ1) is 14.3. The molecule has 0 saturated heterocycles. The van der Waals surface area contributed by atoms with Gasteiger partial charge in [-0.1, -0.05) is 82.9 Å². The molecule has 0 spiro atoms. The van der Waals surface area contributed by atoms with Crippen LogP contribution in [-0.2, 0) is 18.7 Å². The molecule has 0 aliphatic rings. The average molecular weight is 453 g/mol. The van der Waals surface area contributed by atoms with Crippen molar-refractivity contribution >= 4 is 18.4 Å². The van der Waals surface area contributed by atoms with Crippen LogP contribution in [0.1, 0.15) is 71.3 Å². The molecule has 0 unspecified atom stereocenters. The molecule has 0 radical (unpaired) electrons. The Bertz CT molecular complexity index is 716. The first-order valence-electron chi connectivity index (χ1n) is 11.4. The number of unbranched alkanes of at least 4 members (excludes halogenated alkanes) is 3. The second kappa shape index (κ2) is 14.0.